The molecule has 3 rings (SSSR count). The van der Waals surface area contributed by atoms with E-state index in [1.807, 2.05) is 78.9 Å². The van der Waals surface area contributed by atoms with Crippen molar-refractivity contribution in [3.63, 3.8) is 0 Å². The lowest BCUT2D eigenvalue weighted by molar-refractivity contribution is 0.308. The van der Waals surface area contributed by atoms with Crippen LogP contribution in [-0.4, -0.2) is 19.6 Å². The predicted molar refractivity (Wildman–Crippen MR) is 116 cm³/mol. The van der Waals surface area contributed by atoms with Crippen LogP contribution in [0, 0.1) is 0 Å². The molecule has 3 nitrogen and oxygen atoms in total. The minimum atomic E-state index is 0.699. The van der Waals surface area contributed by atoms with Crippen LogP contribution in [-0.2, 0) is 0 Å². The number of para-hydroxylation sites is 1. The Morgan fingerprint density at radius 2 is 1.64 bits per heavy atom. The Bertz CT molecular complexity index is 943. The summed E-state index contributed by atoms with van der Waals surface area (Å²) in [6, 6.07) is 25.8. The summed E-state index contributed by atoms with van der Waals surface area (Å²) in [5.41, 5.74) is 3.64. The number of aliphatic imine (C=N–C) groups is 1. The fourth-order valence-electron chi connectivity index (χ4n) is 2.81. The van der Waals surface area contributed by atoms with Gasteiger partial charge in [-0.2, -0.15) is 0 Å². The highest BCUT2D eigenvalue weighted by molar-refractivity contribution is 6.01. The first kappa shape index (κ1) is 19.5. The molecule has 0 unspecified atom stereocenters. The third kappa shape index (κ3) is 5.12. The number of hydrogen-bond acceptors (Lipinski definition) is 3. The monoisotopic (exact) mass is 371 g/mol. The van der Waals surface area contributed by atoms with E-state index >= 15 is 0 Å². The second-order valence-electron chi connectivity index (χ2n) is 6.36. The molecule has 3 heteroatoms. The van der Waals surface area contributed by atoms with Crippen LogP contribution in [0.2, 0.25) is 0 Å². The van der Waals surface area contributed by atoms with Crippen molar-refractivity contribution in [3.05, 3.63) is 90.0 Å². The van der Waals surface area contributed by atoms with Crippen molar-refractivity contribution in [3.8, 4) is 11.5 Å². The summed E-state index contributed by atoms with van der Waals surface area (Å²) in [4.78, 5) is 4.56. The maximum atomic E-state index is 5.91. The van der Waals surface area contributed by atoms with Gasteiger partial charge in [-0.1, -0.05) is 61.9 Å². The first-order chi connectivity index (χ1) is 13.8. The van der Waals surface area contributed by atoms with Crippen molar-refractivity contribution in [2.45, 2.75) is 19.8 Å². The van der Waals surface area contributed by atoms with Crippen LogP contribution in [0.5, 0.6) is 11.5 Å². The zero-order valence-corrected chi connectivity index (χ0v) is 16.4. The van der Waals surface area contributed by atoms with E-state index in [4.69, 9.17) is 9.47 Å². The number of unbranched alkanes of at least 4 members (excludes halogenated alkanes) is 1. The third-order valence-electron chi connectivity index (χ3n) is 4.32. The molecule has 0 spiro atoms. The fraction of sp³-hybridized carbons (Fsp3) is 0.200. The van der Waals surface area contributed by atoms with Gasteiger partial charge in [-0.15, -0.1) is 0 Å². The quantitative estimate of drug-likeness (QED) is 0.343. The standard InChI is InChI=1S/C25H25NO2/c1-3-4-17-28-22-15-16-25(27-2)23(18-22)24(20-11-7-5-8-12-20)19-26-21-13-9-6-10-14-21/h5-16,18H,3-4,17H2,1-2H3. The Morgan fingerprint density at radius 1 is 0.929 bits per heavy atom. The maximum Gasteiger partial charge on any atom is 0.127 e. The van der Waals surface area contributed by atoms with Gasteiger partial charge >= 0.3 is 0 Å². The van der Waals surface area contributed by atoms with Crippen molar-refractivity contribution < 1.29 is 9.47 Å². The van der Waals surface area contributed by atoms with Gasteiger partial charge in [-0.25, -0.2) is 4.99 Å². The first-order valence-corrected chi connectivity index (χ1v) is 9.57. The minimum absolute atomic E-state index is 0.699. The number of benzene rings is 3. The van der Waals surface area contributed by atoms with Gasteiger partial charge in [-0.05, 0) is 48.2 Å². The molecule has 0 atom stereocenters. The number of rotatable bonds is 8. The van der Waals surface area contributed by atoms with Crippen LogP contribution in [0.4, 0.5) is 5.69 Å². The molecule has 0 aliphatic carbocycles. The lowest BCUT2D eigenvalue weighted by atomic mass is 9.98. The SMILES string of the molecule is CCCCOc1ccc(OC)c(C(=C=Nc2ccccc2)c2ccccc2)c1. The van der Waals surface area contributed by atoms with Crippen molar-refractivity contribution in [1.82, 2.24) is 0 Å². The molecule has 0 aromatic heterocycles. The fourth-order valence-corrected chi connectivity index (χ4v) is 2.81. The summed E-state index contributed by atoms with van der Waals surface area (Å²) in [6.07, 6.45) is 2.13. The molecule has 0 N–H and O–H groups in total. The molecule has 3 aromatic carbocycles. The zero-order valence-electron chi connectivity index (χ0n) is 16.4. The molecular weight excluding hydrogens is 346 g/mol. The van der Waals surface area contributed by atoms with Gasteiger partial charge in [0.15, 0.2) is 0 Å². The van der Waals surface area contributed by atoms with E-state index in [9.17, 15) is 0 Å². The second kappa shape index (κ2) is 10.1. The molecule has 0 aliphatic rings. The predicted octanol–water partition coefficient (Wildman–Crippen LogP) is 6.31. The highest BCUT2D eigenvalue weighted by Gasteiger charge is 2.13. The van der Waals surface area contributed by atoms with Gasteiger partial charge in [0, 0.05) is 5.56 Å². The number of methoxy groups -OCH3 is 1. The Labute approximate surface area is 167 Å². The van der Waals surface area contributed by atoms with Crippen LogP contribution in [0.1, 0.15) is 30.9 Å². The Hall–Kier alpha value is -3.29. The summed E-state index contributed by atoms with van der Waals surface area (Å²) in [5, 5.41) is 0. The molecule has 3 aromatic rings. The Kier molecular flexibility index (Phi) is 7.06. The summed E-state index contributed by atoms with van der Waals surface area (Å²) < 4.78 is 11.5. The lowest BCUT2D eigenvalue weighted by Gasteiger charge is -2.13. The van der Waals surface area contributed by atoms with Crippen LogP contribution >= 0.6 is 0 Å². The van der Waals surface area contributed by atoms with E-state index in [0.29, 0.717) is 6.61 Å². The number of ether oxygens (including phenoxy) is 2. The average molecular weight is 371 g/mol. The summed E-state index contributed by atoms with van der Waals surface area (Å²) in [5.74, 6) is 4.82. The minimum Gasteiger partial charge on any atom is -0.496 e. The van der Waals surface area contributed by atoms with Gasteiger partial charge in [0.2, 0.25) is 0 Å². The molecule has 0 saturated carbocycles. The highest BCUT2D eigenvalue weighted by atomic mass is 16.5. The van der Waals surface area contributed by atoms with E-state index < -0.39 is 0 Å². The zero-order chi connectivity index (χ0) is 19.6. The average Bonchev–Trinajstić information content (AvgIpc) is 2.76. The normalized spacial score (nSPS) is 10.1. The van der Waals surface area contributed by atoms with E-state index in [-0.39, 0.29) is 0 Å². The van der Waals surface area contributed by atoms with Crippen molar-refractivity contribution in [2.24, 2.45) is 4.99 Å². The van der Waals surface area contributed by atoms with Crippen molar-refractivity contribution >= 4 is 17.1 Å². The Balaban J connectivity index is 2.09. The van der Waals surface area contributed by atoms with Gasteiger partial charge in [0.25, 0.3) is 0 Å². The lowest BCUT2D eigenvalue weighted by Crippen LogP contribution is -1.99. The molecule has 28 heavy (non-hydrogen) atoms. The molecule has 0 aliphatic heterocycles. The topological polar surface area (TPSA) is 30.8 Å². The first-order valence-electron chi connectivity index (χ1n) is 9.57. The van der Waals surface area contributed by atoms with E-state index in [1.54, 1.807) is 7.11 Å². The van der Waals surface area contributed by atoms with Crippen molar-refractivity contribution in [2.75, 3.05) is 13.7 Å². The summed E-state index contributed by atoms with van der Waals surface area (Å²) >= 11 is 0. The van der Waals surface area contributed by atoms with Crippen LogP contribution in [0.15, 0.2) is 83.9 Å². The summed E-state index contributed by atoms with van der Waals surface area (Å²) in [6.45, 7) is 2.85. The molecule has 0 amide bonds. The van der Waals surface area contributed by atoms with Gasteiger partial charge in [-0.3, -0.25) is 0 Å². The van der Waals surface area contributed by atoms with E-state index in [1.165, 1.54) is 0 Å². The van der Waals surface area contributed by atoms with Crippen molar-refractivity contribution in [1.29, 1.82) is 0 Å². The highest BCUT2D eigenvalue weighted by Crippen LogP contribution is 2.33. The summed E-state index contributed by atoms with van der Waals surface area (Å²) in [7, 11) is 1.67. The molecule has 0 saturated heterocycles. The molecule has 0 bridgehead atoms. The molecule has 0 heterocycles. The van der Waals surface area contributed by atoms with Gasteiger partial charge < -0.3 is 9.47 Å². The van der Waals surface area contributed by atoms with Gasteiger partial charge in [0.1, 0.15) is 11.5 Å². The molecule has 0 radical (unpaired) electrons. The molecule has 0 fully saturated rings. The van der Waals surface area contributed by atoms with Gasteiger partial charge in [0.05, 0.1) is 25.0 Å². The molecule has 142 valence electrons. The van der Waals surface area contributed by atoms with E-state index in [2.05, 4.69) is 17.8 Å². The largest absolute Gasteiger partial charge is 0.496 e. The van der Waals surface area contributed by atoms with Crippen LogP contribution in [0.3, 0.4) is 0 Å². The smallest absolute Gasteiger partial charge is 0.127 e. The maximum absolute atomic E-state index is 5.91. The third-order valence-corrected chi connectivity index (χ3v) is 4.32. The number of hydrogen-bond donors (Lipinski definition) is 0. The van der Waals surface area contributed by atoms with Crippen LogP contribution in [0.25, 0.3) is 5.57 Å². The van der Waals surface area contributed by atoms with E-state index in [0.717, 1.165) is 46.7 Å². The molecular formula is C25H25NO2. The number of nitrogens with zero attached hydrogens (tertiary/aromatic N) is 1. The Morgan fingerprint density at radius 3 is 2.32 bits per heavy atom. The second-order valence-corrected chi connectivity index (χ2v) is 6.36. The van der Waals surface area contributed by atoms with Crippen LogP contribution < -0.4 is 9.47 Å².